The lowest BCUT2D eigenvalue weighted by Gasteiger charge is -2.11. The topological polar surface area (TPSA) is 110 Å². The smallest absolute Gasteiger partial charge is 0.340 e. The minimum absolute atomic E-state index is 0.282. The van der Waals surface area contributed by atoms with Crippen molar-refractivity contribution < 1.29 is 23.5 Å². The number of furan rings is 1. The van der Waals surface area contributed by atoms with E-state index in [2.05, 4.69) is 16.0 Å². The van der Waals surface area contributed by atoms with Crippen LogP contribution in [0.3, 0.4) is 0 Å². The monoisotopic (exact) mass is 373 g/mol. The van der Waals surface area contributed by atoms with Crippen molar-refractivity contribution in [3.05, 3.63) is 54.0 Å². The Balaban J connectivity index is 1.83. The number of hydrogen-bond donors (Lipinski definition) is 3. The maximum Gasteiger partial charge on any atom is 0.340 e. The molecule has 0 fully saturated rings. The number of nitrogens with one attached hydrogen (secondary N) is 3. The van der Waals surface area contributed by atoms with Crippen LogP contribution in [0.5, 0.6) is 0 Å². The first kappa shape index (κ1) is 20.0. The first-order valence-electron chi connectivity index (χ1n) is 8.70. The lowest BCUT2D eigenvalue weighted by atomic mass is 10.2. The molecule has 0 atom stereocenters. The number of urea groups is 1. The van der Waals surface area contributed by atoms with Gasteiger partial charge in [0.25, 0.3) is 5.91 Å². The van der Waals surface area contributed by atoms with Crippen molar-refractivity contribution in [2.24, 2.45) is 0 Å². The number of anilines is 1. The summed E-state index contributed by atoms with van der Waals surface area (Å²) >= 11 is 0. The molecule has 1 aromatic heterocycles. The summed E-state index contributed by atoms with van der Waals surface area (Å²) in [5.41, 5.74) is 0.834. The summed E-state index contributed by atoms with van der Waals surface area (Å²) in [6.07, 6.45) is 3.31. The van der Waals surface area contributed by atoms with Crippen molar-refractivity contribution in [2.75, 3.05) is 18.5 Å². The van der Waals surface area contributed by atoms with Gasteiger partial charge in [-0.1, -0.05) is 25.5 Å². The van der Waals surface area contributed by atoms with E-state index in [1.165, 1.54) is 0 Å². The molecule has 3 N–H and O–H groups in total. The molecule has 8 nitrogen and oxygen atoms in total. The molecule has 2 aromatic rings. The molecule has 144 valence electrons. The minimum Gasteiger partial charge on any atom is -0.467 e. The van der Waals surface area contributed by atoms with Gasteiger partial charge in [-0.3, -0.25) is 10.1 Å². The van der Waals surface area contributed by atoms with E-state index in [9.17, 15) is 14.4 Å². The number of hydrogen-bond acceptors (Lipinski definition) is 6. The molecule has 27 heavy (non-hydrogen) atoms. The maximum absolute atomic E-state index is 12.3. The van der Waals surface area contributed by atoms with Crippen LogP contribution < -0.4 is 16.0 Å². The molecule has 0 aliphatic carbocycles. The highest BCUT2D eigenvalue weighted by molar-refractivity contribution is 5.99. The minimum atomic E-state index is -0.696. The predicted octanol–water partition coefficient (Wildman–Crippen LogP) is 2.67. The second kappa shape index (κ2) is 10.6. The molecule has 0 saturated heterocycles. The van der Waals surface area contributed by atoms with E-state index >= 15 is 0 Å². The van der Waals surface area contributed by atoms with Gasteiger partial charge in [-0.05, 0) is 30.7 Å². The zero-order valence-electron chi connectivity index (χ0n) is 15.1. The SMILES string of the molecule is CCCCNC(=O)NC(=O)COC(=O)c1ccccc1NCc1ccco1. The Morgan fingerprint density at radius 3 is 2.67 bits per heavy atom. The fourth-order valence-corrected chi connectivity index (χ4v) is 2.21. The highest BCUT2D eigenvalue weighted by Crippen LogP contribution is 2.17. The zero-order valence-corrected chi connectivity index (χ0v) is 15.1. The van der Waals surface area contributed by atoms with Crippen molar-refractivity contribution in [3.8, 4) is 0 Å². The summed E-state index contributed by atoms with van der Waals surface area (Å²) in [5, 5.41) is 7.74. The van der Waals surface area contributed by atoms with Gasteiger partial charge >= 0.3 is 12.0 Å². The third kappa shape index (κ3) is 6.85. The number of amides is 3. The second-order valence-corrected chi connectivity index (χ2v) is 5.71. The van der Waals surface area contributed by atoms with E-state index in [1.54, 1.807) is 36.6 Å². The van der Waals surface area contributed by atoms with Crippen LogP contribution in [0.25, 0.3) is 0 Å². The molecular formula is C19H23N3O5. The molecule has 0 aliphatic heterocycles. The van der Waals surface area contributed by atoms with E-state index in [1.807, 2.05) is 13.0 Å². The standard InChI is InChI=1S/C19H23N3O5/c1-2-3-10-20-19(25)22-17(23)13-27-18(24)15-8-4-5-9-16(15)21-12-14-7-6-11-26-14/h4-9,11,21H,2-3,10,12-13H2,1H3,(H2,20,22,23,25). The Kier molecular flexibility index (Phi) is 7.90. The Morgan fingerprint density at radius 1 is 1.11 bits per heavy atom. The summed E-state index contributed by atoms with van der Waals surface area (Å²) in [6.45, 7) is 2.32. The van der Waals surface area contributed by atoms with E-state index < -0.39 is 24.5 Å². The van der Waals surface area contributed by atoms with E-state index in [0.717, 1.165) is 12.8 Å². The van der Waals surface area contributed by atoms with E-state index in [0.29, 0.717) is 24.5 Å². The molecular weight excluding hydrogens is 350 g/mol. The fraction of sp³-hybridized carbons (Fsp3) is 0.316. The van der Waals surface area contributed by atoms with Crippen molar-refractivity contribution in [2.45, 2.75) is 26.3 Å². The summed E-state index contributed by atoms with van der Waals surface area (Å²) < 4.78 is 10.2. The van der Waals surface area contributed by atoms with Gasteiger partial charge < -0.3 is 19.8 Å². The summed E-state index contributed by atoms with van der Waals surface area (Å²) in [4.78, 5) is 35.5. The molecule has 1 aromatic carbocycles. The number of ether oxygens (including phenoxy) is 1. The number of esters is 1. The van der Waals surface area contributed by atoms with Gasteiger partial charge in [0.1, 0.15) is 5.76 Å². The molecule has 0 radical (unpaired) electrons. The predicted molar refractivity (Wildman–Crippen MR) is 99.2 cm³/mol. The van der Waals surface area contributed by atoms with Gasteiger partial charge in [0.2, 0.25) is 0 Å². The average Bonchev–Trinajstić information content (AvgIpc) is 3.18. The summed E-state index contributed by atoms with van der Waals surface area (Å²) in [6, 6.07) is 9.75. The van der Waals surface area contributed by atoms with Crippen LogP contribution in [0.4, 0.5) is 10.5 Å². The van der Waals surface area contributed by atoms with Crippen molar-refractivity contribution >= 4 is 23.6 Å². The molecule has 2 rings (SSSR count). The van der Waals surface area contributed by atoms with Crippen LogP contribution >= 0.6 is 0 Å². The van der Waals surface area contributed by atoms with Crippen molar-refractivity contribution in [3.63, 3.8) is 0 Å². The Hall–Kier alpha value is -3.29. The number of benzene rings is 1. The lowest BCUT2D eigenvalue weighted by Crippen LogP contribution is -2.41. The number of unbranched alkanes of at least 4 members (excludes halogenated alkanes) is 1. The molecule has 0 saturated carbocycles. The number of carbonyl (C=O) groups is 3. The first-order chi connectivity index (χ1) is 13.1. The first-order valence-corrected chi connectivity index (χ1v) is 8.70. The van der Waals surface area contributed by atoms with Crippen LogP contribution in [-0.4, -0.2) is 31.1 Å². The molecule has 8 heteroatoms. The lowest BCUT2D eigenvalue weighted by molar-refractivity contribution is -0.123. The third-order valence-electron chi connectivity index (χ3n) is 3.58. The van der Waals surface area contributed by atoms with Crippen LogP contribution in [0.1, 0.15) is 35.9 Å². The Morgan fingerprint density at radius 2 is 1.93 bits per heavy atom. The normalized spacial score (nSPS) is 10.1. The number of carbonyl (C=O) groups excluding carboxylic acids is 3. The Bertz CT molecular complexity index is 758. The van der Waals surface area contributed by atoms with Gasteiger partial charge in [0, 0.05) is 12.2 Å². The maximum atomic E-state index is 12.3. The molecule has 0 aliphatic rings. The number of imide groups is 1. The second-order valence-electron chi connectivity index (χ2n) is 5.71. The molecule has 0 unspecified atom stereocenters. The van der Waals surface area contributed by atoms with E-state index in [-0.39, 0.29) is 5.56 Å². The molecule has 1 heterocycles. The number of para-hydroxylation sites is 1. The quantitative estimate of drug-likeness (QED) is 0.460. The van der Waals surface area contributed by atoms with Gasteiger partial charge in [-0.25, -0.2) is 9.59 Å². The molecule has 0 bridgehead atoms. The summed E-state index contributed by atoms with van der Waals surface area (Å²) in [5.74, 6) is -0.649. The van der Waals surface area contributed by atoms with Gasteiger partial charge in [0.15, 0.2) is 6.61 Å². The highest BCUT2D eigenvalue weighted by atomic mass is 16.5. The largest absolute Gasteiger partial charge is 0.467 e. The van der Waals surface area contributed by atoms with Crippen LogP contribution in [-0.2, 0) is 16.1 Å². The average molecular weight is 373 g/mol. The van der Waals surface area contributed by atoms with Gasteiger partial charge in [-0.2, -0.15) is 0 Å². The van der Waals surface area contributed by atoms with Crippen molar-refractivity contribution in [1.29, 1.82) is 0 Å². The fourth-order valence-electron chi connectivity index (χ4n) is 2.21. The van der Waals surface area contributed by atoms with Gasteiger partial charge in [0.05, 0.1) is 18.4 Å². The van der Waals surface area contributed by atoms with Crippen LogP contribution in [0.2, 0.25) is 0 Å². The Labute approximate surface area is 157 Å². The van der Waals surface area contributed by atoms with Crippen molar-refractivity contribution in [1.82, 2.24) is 10.6 Å². The van der Waals surface area contributed by atoms with Gasteiger partial charge in [-0.15, -0.1) is 0 Å². The third-order valence-corrected chi connectivity index (χ3v) is 3.58. The number of rotatable bonds is 9. The molecule has 0 spiro atoms. The van der Waals surface area contributed by atoms with Crippen LogP contribution in [0, 0.1) is 0 Å². The van der Waals surface area contributed by atoms with E-state index in [4.69, 9.17) is 9.15 Å². The highest BCUT2D eigenvalue weighted by Gasteiger charge is 2.15. The zero-order chi connectivity index (χ0) is 19.5. The summed E-state index contributed by atoms with van der Waals surface area (Å²) in [7, 11) is 0. The molecule has 3 amide bonds. The van der Waals surface area contributed by atoms with Crippen LogP contribution in [0.15, 0.2) is 47.1 Å².